The topological polar surface area (TPSA) is 87.5 Å². The number of hydrogen-bond donors (Lipinski definition) is 3. The molecule has 1 saturated heterocycles. The van der Waals surface area contributed by atoms with E-state index in [4.69, 9.17) is 5.73 Å². The Balaban J connectivity index is 1.70. The SMILES string of the molecule is CC1CCN(Cc2ccc(CNC(=O)CNC(=O)[C@@H](N)C(C)C)cc2)CC1. The molecule has 150 valence electrons. The number of hydrogen-bond acceptors (Lipinski definition) is 4. The molecule has 4 N–H and O–H groups in total. The molecule has 0 unspecified atom stereocenters. The first-order valence-corrected chi connectivity index (χ1v) is 9.95. The van der Waals surface area contributed by atoms with E-state index in [0.29, 0.717) is 6.54 Å². The van der Waals surface area contributed by atoms with Crippen LogP contribution in [0.15, 0.2) is 24.3 Å². The van der Waals surface area contributed by atoms with Gasteiger partial charge in [0.15, 0.2) is 0 Å². The Morgan fingerprint density at radius 3 is 2.30 bits per heavy atom. The highest BCUT2D eigenvalue weighted by Crippen LogP contribution is 2.18. The zero-order valence-electron chi connectivity index (χ0n) is 16.8. The van der Waals surface area contributed by atoms with Gasteiger partial charge >= 0.3 is 0 Å². The van der Waals surface area contributed by atoms with Crippen molar-refractivity contribution in [2.24, 2.45) is 17.6 Å². The molecule has 0 radical (unpaired) electrons. The van der Waals surface area contributed by atoms with Gasteiger partial charge in [-0.3, -0.25) is 14.5 Å². The first-order chi connectivity index (χ1) is 12.8. The monoisotopic (exact) mass is 374 g/mol. The van der Waals surface area contributed by atoms with Crippen molar-refractivity contribution in [3.05, 3.63) is 35.4 Å². The van der Waals surface area contributed by atoms with Crippen LogP contribution in [0, 0.1) is 11.8 Å². The number of nitrogens with one attached hydrogen (secondary N) is 2. The fraction of sp³-hybridized carbons (Fsp3) is 0.619. The lowest BCUT2D eigenvalue weighted by Gasteiger charge is -2.30. The molecule has 1 atom stereocenters. The average Bonchev–Trinajstić information content (AvgIpc) is 2.66. The molecule has 0 aliphatic carbocycles. The minimum absolute atomic E-state index is 0.0416. The largest absolute Gasteiger partial charge is 0.350 e. The third-order valence-electron chi connectivity index (χ3n) is 5.24. The van der Waals surface area contributed by atoms with Crippen LogP contribution in [0.1, 0.15) is 44.7 Å². The molecule has 1 aliphatic heterocycles. The summed E-state index contributed by atoms with van der Waals surface area (Å²) in [6.07, 6.45) is 2.56. The number of carbonyl (C=O) groups is 2. The van der Waals surface area contributed by atoms with Crippen molar-refractivity contribution in [3.63, 3.8) is 0 Å². The van der Waals surface area contributed by atoms with Gasteiger partial charge in [0.1, 0.15) is 0 Å². The predicted octanol–water partition coefficient (Wildman–Crippen LogP) is 1.63. The molecule has 0 aromatic heterocycles. The molecule has 0 spiro atoms. The van der Waals surface area contributed by atoms with E-state index in [1.165, 1.54) is 31.5 Å². The van der Waals surface area contributed by atoms with E-state index in [9.17, 15) is 9.59 Å². The number of carbonyl (C=O) groups excluding carboxylic acids is 2. The van der Waals surface area contributed by atoms with Crippen molar-refractivity contribution in [2.45, 2.75) is 52.7 Å². The maximum Gasteiger partial charge on any atom is 0.239 e. The van der Waals surface area contributed by atoms with Crippen LogP contribution in [0.3, 0.4) is 0 Å². The molecule has 6 heteroatoms. The van der Waals surface area contributed by atoms with Crippen LogP contribution in [-0.4, -0.2) is 42.4 Å². The van der Waals surface area contributed by atoms with E-state index in [1.54, 1.807) is 0 Å². The lowest BCUT2D eigenvalue weighted by molar-refractivity contribution is -0.127. The molecule has 1 fully saturated rings. The second kappa shape index (κ2) is 10.4. The normalized spacial score (nSPS) is 16.9. The molecule has 1 aromatic carbocycles. The number of piperidine rings is 1. The standard InChI is InChI=1S/C21H34N4O2/c1-15(2)20(22)21(27)24-13-19(26)23-12-17-4-6-18(7-5-17)14-25-10-8-16(3)9-11-25/h4-7,15-16,20H,8-14,22H2,1-3H3,(H,23,26)(H,24,27)/t20-/m0/s1. The van der Waals surface area contributed by atoms with Crippen LogP contribution < -0.4 is 16.4 Å². The summed E-state index contributed by atoms with van der Waals surface area (Å²) in [5.41, 5.74) is 8.10. The van der Waals surface area contributed by atoms with E-state index in [2.05, 4.69) is 46.7 Å². The van der Waals surface area contributed by atoms with Gasteiger partial charge in [0.2, 0.25) is 11.8 Å². The predicted molar refractivity (Wildman–Crippen MR) is 108 cm³/mol. The third-order valence-corrected chi connectivity index (χ3v) is 5.24. The Hall–Kier alpha value is -1.92. The van der Waals surface area contributed by atoms with E-state index >= 15 is 0 Å². The first kappa shape index (κ1) is 21.4. The fourth-order valence-electron chi connectivity index (χ4n) is 3.09. The van der Waals surface area contributed by atoms with E-state index in [1.807, 2.05) is 13.8 Å². The third kappa shape index (κ3) is 7.31. The van der Waals surface area contributed by atoms with Crippen LogP contribution in [0.25, 0.3) is 0 Å². The maximum absolute atomic E-state index is 11.9. The number of likely N-dealkylation sites (tertiary alicyclic amines) is 1. The molecule has 2 amide bonds. The zero-order valence-corrected chi connectivity index (χ0v) is 16.8. The molecular formula is C21H34N4O2. The van der Waals surface area contributed by atoms with Crippen LogP contribution in [0.5, 0.6) is 0 Å². The van der Waals surface area contributed by atoms with Gasteiger partial charge in [-0.25, -0.2) is 0 Å². The van der Waals surface area contributed by atoms with Crippen molar-refractivity contribution in [1.29, 1.82) is 0 Å². The smallest absolute Gasteiger partial charge is 0.239 e. The number of nitrogens with two attached hydrogens (primary N) is 1. The van der Waals surface area contributed by atoms with Crippen LogP contribution >= 0.6 is 0 Å². The number of rotatable bonds is 8. The molecule has 0 bridgehead atoms. The summed E-state index contributed by atoms with van der Waals surface area (Å²) in [6.45, 7) is 9.80. The molecular weight excluding hydrogens is 340 g/mol. The maximum atomic E-state index is 11.9. The van der Waals surface area contributed by atoms with Gasteiger partial charge in [-0.2, -0.15) is 0 Å². The number of amides is 2. The zero-order chi connectivity index (χ0) is 19.8. The van der Waals surface area contributed by atoms with E-state index in [-0.39, 0.29) is 24.3 Å². The molecule has 27 heavy (non-hydrogen) atoms. The van der Waals surface area contributed by atoms with Crippen molar-refractivity contribution < 1.29 is 9.59 Å². The van der Waals surface area contributed by atoms with E-state index < -0.39 is 6.04 Å². The Morgan fingerprint density at radius 1 is 1.11 bits per heavy atom. The molecule has 1 aliphatic rings. The number of nitrogens with zero attached hydrogens (tertiary/aromatic N) is 1. The minimum Gasteiger partial charge on any atom is -0.350 e. The minimum atomic E-state index is -0.589. The van der Waals surface area contributed by atoms with Gasteiger partial charge in [0, 0.05) is 13.1 Å². The molecule has 1 aromatic rings. The fourth-order valence-corrected chi connectivity index (χ4v) is 3.09. The average molecular weight is 375 g/mol. The quantitative estimate of drug-likeness (QED) is 0.645. The van der Waals surface area contributed by atoms with Crippen molar-refractivity contribution in [1.82, 2.24) is 15.5 Å². The second-order valence-electron chi connectivity index (χ2n) is 8.04. The summed E-state index contributed by atoms with van der Waals surface area (Å²) in [4.78, 5) is 26.2. The van der Waals surface area contributed by atoms with Gasteiger partial charge in [0.05, 0.1) is 12.6 Å². The van der Waals surface area contributed by atoms with Crippen molar-refractivity contribution in [2.75, 3.05) is 19.6 Å². The number of benzene rings is 1. The van der Waals surface area contributed by atoms with Gasteiger partial charge in [-0.05, 0) is 48.9 Å². The highest BCUT2D eigenvalue weighted by Gasteiger charge is 2.17. The molecule has 1 heterocycles. The summed E-state index contributed by atoms with van der Waals surface area (Å²) < 4.78 is 0. The van der Waals surface area contributed by atoms with Gasteiger partial charge in [-0.15, -0.1) is 0 Å². The Bertz CT molecular complexity index is 607. The van der Waals surface area contributed by atoms with Gasteiger partial charge in [-0.1, -0.05) is 45.0 Å². The summed E-state index contributed by atoms with van der Waals surface area (Å²) in [6, 6.07) is 7.77. The van der Waals surface area contributed by atoms with Crippen molar-refractivity contribution >= 4 is 11.8 Å². The van der Waals surface area contributed by atoms with Crippen molar-refractivity contribution in [3.8, 4) is 0 Å². The second-order valence-corrected chi connectivity index (χ2v) is 8.04. The van der Waals surface area contributed by atoms with Crippen LogP contribution in [0.4, 0.5) is 0 Å². The first-order valence-electron chi connectivity index (χ1n) is 9.95. The summed E-state index contributed by atoms with van der Waals surface area (Å²) in [7, 11) is 0. The lowest BCUT2D eigenvalue weighted by atomic mass is 9.99. The van der Waals surface area contributed by atoms with Crippen LogP contribution in [-0.2, 0) is 22.7 Å². The highest BCUT2D eigenvalue weighted by molar-refractivity contribution is 5.87. The summed E-state index contributed by atoms with van der Waals surface area (Å²) in [5, 5.41) is 5.40. The van der Waals surface area contributed by atoms with Crippen LogP contribution in [0.2, 0.25) is 0 Å². The lowest BCUT2D eigenvalue weighted by Crippen LogP contribution is -2.47. The van der Waals surface area contributed by atoms with Gasteiger partial charge < -0.3 is 16.4 Å². The Morgan fingerprint density at radius 2 is 1.70 bits per heavy atom. The Kier molecular flexibility index (Phi) is 8.25. The van der Waals surface area contributed by atoms with Gasteiger partial charge in [0.25, 0.3) is 0 Å². The molecule has 2 rings (SSSR count). The molecule has 6 nitrogen and oxygen atoms in total. The molecule has 0 saturated carbocycles. The highest BCUT2D eigenvalue weighted by atomic mass is 16.2. The summed E-state index contributed by atoms with van der Waals surface area (Å²) >= 11 is 0. The Labute approximate surface area is 162 Å². The summed E-state index contributed by atoms with van der Waals surface area (Å²) in [5.74, 6) is 0.375. The van der Waals surface area contributed by atoms with E-state index in [0.717, 1.165) is 18.0 Å².